The minimum Gasteiger partial charge on any atom is -0.389 e. The van der Waals surface area contributed by atoms with Crippen molar-refractivity contribution >= 4 is 0 Å². The maximum absolute atomic E-state index is 10.3. The van der Waals surface area contributed by atoms with Crippen LogP contribution in [0.1, 0.15) is 59.3 Å². The predicted molar refractivity (Wildman–Crippen MR) is 85.3 cm³/mol. The predicted octanol–water partition coefficient (Wildman–Crippen LogP) is 3.06. The Morgan fingerprint density at radius 3 is 2.48 bits per heavy atom. The third kappa shape index (κ3) is 2.77. The van der Waals surface area contributed by atoms with E-state index in [1.165, 1.54) is 38.5 Å². The molecule has 3 aliphatic rings. The Balaban J connectivity index is 1.47. The second-order valence-corrected chi connectivity index (χ2v) is 8.45. The molecule has 1 aliphatic heterocycles. The van der Waals surface area contributed by atoms with Crippen molar-refractivity contribution in [3.63, 3.8) is 0 Å². The third-order valence-electron chi connectivity index (χ3n) is 7.12. The molecule has 122 valence electrons. The Hall–Kier alpha value is -0.120. The molecule has 0 aromatic rings. The zero-order valence-electron chi connectivity index (χ0n) is 14.1. The summed E-state index contributed by atoms with van der Waals surface area (Å²) in [4.78, 5) is 2.39. The quantitative estimate of drug-likeness (QED) is 0.846. The summed E-state index contributed by atoms with van der Waals surface area (Å²) < 4.78 is 6.20. The summed E-state index contributed by atoms with van der Waals surface area (Å²) in [7, 11) is 0. The molecule has 2 bridgehead atoms. The zero-order chi connectivity index (χ0) is 15.1. The third-order valence-corrected chi connectivity index (χ3v) is 7.12. The molecule has 2 aliphatic carbocycles. The topological polar surface area (TPSA) is 32.7 Å². The number of rotatable bonds is 5. The standard InChI is InChI=1S/C18H33NO2/c1-17(2)14-7-8-18(17,3)16(11-14)21-13-15(20)12-19-9-5-4-6-10-19/h14-16,20H,4-13H2,1-3H3/t14-,15-,16-,18+/m0/s1. The molecule has 0 spiro atoms. The van der Waals surface area contributed by atoms with E-state index < -0.39 is 0 Å². The smallest absolute Gasteiger partial charge is 0.0900 e. The largest absolute Gasteiger partial charge is 0.389 e. The SMILES string of the molecule is CC1(C)[C@H]2CC[C@]1(C)[C@@H](OC[C@@H](O)CN1CCCCC1)C2. The van der Waals surface area contributed by atoms with Crippen LogP contribution in [0.5, 0.6) is 0 Å². The molecule has 1 N–H and O–H groups in total. The van der Waals surface area contributed by atoms with Gasteiger partial charge in [0.05, 0.1) is 18.8 Å². The van der Waals surface area contributed by atoms with Gasteiger partial charge in [0.25, 0.3) is 0 Å². The van der Waals surface area contributed by atoms with E-state index in [1.54, 1.807) is 0 Å². The van der Waals surface area contributed by atoms with Gasteiger partial charge in [-0.3, -0.25) is 0 Å². The van der Waals surface area contributed by atoms with Crippen LogP contribution < -0.4 is 0 Å². The van der Waals surface area contributed by atoms with Crippen LogP contribution >= 0.6 is 0 Å². The number of aliphatic hydroxyl groups is 1. The minimum absolute atomic E-state index is 0.308. The number of fused-ring (bicyclic) bond motifs is 2. The maximum Gasteiger partial charge on any atom is 0.0900 e. The molecule has 1 heterocycles. The second kappa shape index (κ2) is 5.82. The molecule has 0 aromatic carbocycles. The van der Waals surface area contributed by atoms with E-state index in [-0.39, 0.29) is 6.10 Å². The van der Waals surface area contributed by atoms with Gasteiger partial charge >= 0.3 is 0 Å². The average Bonchev–Trinajstić information content (AvgIpc) is 2.79. The van der Waals surface area contributed by atoms with E-state index in [0.717, 1.165) is 25.6 Å². The molecule has 3 nitrogen and oxygen atoms in total. The number of hydrogen-bond donors (Lipinski definition) is 1. The van der Waals surface area contributed by atoms with Gasteiger partial charge in [0.1, 0.15) is 0 Å². The van der Waals surface area contributed by atoms with Gasteiger partial charge in [-0.25, -0.2) is 0 Å². The summed E-state index contributed by atoms with van der Waals surface area (Å²) in [5.74, 6) is 0.812. The molecule has 0 radical (unpaired) electrons. The molecule has 0 unspecified atom stereocenters. The molecular weight excluding hydrogens is 262 g/mol. The summed E-state index contributed by atoms with van der Waals surface area (Å²) in [6.45, 7) is 10.8. The molecular formula is C18H33NO2. The molecule has 0 amide bonds. The summed E-state index contributed by atoms with van der Waals surface area (Å²) in [6, 6.07) is 0. The van der Waals surface area contributed by atoms with Crippen molar-refractivity contribution in [3.8, 4) is 0 Å². The fourth-order valence-corrected chi connectivity index (χ4v) is 5.10. The summed E-state index contributed by atoms with van der Waals surface area (Å²) in [6.07, 6.45) is 7.78. The van der Waals surface area contributed by atoms with Gasteiger partial charge in [-0.2, -0.15) is 0 Å². The van der Waals surface area contributed by atoms with Gasteiger partial charge in [-0.15, -0.1) is 0 Å². The van der Waals surface area contributed by atoms with Gasteiger partial charge in [0, 0.05) is 6.54 Å². The molecule has 3 heteroatoms. The van der Waals surface area contributed by atoms with E-state index in [4.69, 9.17) is 4.74 Å². The van der Waals surface area contributed by atoms with Crippen LogP contribution in [-0.4, -0.2) is 48.5 Å². The number of nitrogens with zero attached hydrogens (tertiary/aromatic N) is 1. The highest BCUT2D eigenvalue weighted by molar-refractivity contribution is 5.11. The normalized spacial score (nSPS) is 40.6. The van der Waals surface area contributed by atoms with Crippen molar-refractivity contribution in [1.29, 1.82) is 0 Å². The highest BCUT2D eigenvalue weighted by Gasteiger charge is 2.61. The molecule has 3 rings (SSSR count). The molecule has 0 aromatic heterocycles. The van der Waals surface area contributed by atoms with Gasteiger partial charge < -0.3 is 14.7 Å². The van der Waals surface area contributed by atoms with Crippen molar-refractivity contribution in [3.05, 3.63) is 0 Å². The van der Waals surface area contributed by atoms with Gasteiger partial charge in [0.2, 0.25) is 0 Å². The first kappa shape index (κ1) is 15.8. The lowest BCUT2D eigenvalue weighted by molar-refractivity contribution is -0.0798. The number of hydrogen-bond acceptors (Lipinski definition) is 3. The lowest BCUT2D eigenvalue weighted by atomic mass is 9.70. The first-order chi connectivity index (χ1) is 9.93. The lowest BCUT2D eigenvalue weighted by Crippen LogP contribution is -2.41. The van der Waals surface area contributed by atoms with Crippen LogP contribution in [0, 0.1) is 16.7 Å². The number of piperidine rings is 1. The van der Waals surface area contributed by atoms with Gasteiger partial charge in [-0.1, -0.05) is 27.2 Å². The number of ether oxygens (including phenoxy) is 1. The molecule has 4 atom stereocenters. The van der Waals surface area contributed by atoms with E-state index in [1.807, 2.05) is 0 Å². The summed E-state index contributed by atoms with van der Waals surface area (Å²) >= 11 is 0. The highest BCUT2D eigenvalue weighted by atomic mass is 16.5. The number of β-amino-alcohol motifs (C(OH)–C–C–N with tert-alkyl or cyclic N) is 1. The van der Waals surface area contributed by atoms with Gasteiger partial charge in [0.15, 0.2) is 0 Å². The van der Waals surface area contributed by atoms with Crippen molar-refractivity contribution in [1.82, 2.24) is 4.90 Å². The van der Waals surface area contributed by atoms with Crippen LogP contribution in [0.2, 0.25) is 0 Å². The fourth-order valence-electron chi connectivity index (χ4n) is 5.10. The van der Waals surface area contributed by atoms with Crippen molar-refractivity contribution in [2.45, 2.75) is 71.5 Å². The van der Waals surface area contributed by atoms with Crippen molar-refractivity contribution in [2.24, 2.45) is 16.7 Å². The molecule has 3 fully saturated rings. The Bertz CT molecular complexity index is 364. The molecule has 1 saturated heterocycles. The van der Waals surface area contributed by atoms with Crippen molar-refractivity contribution in [2.75, 3.05) is 26.2 Å². The Kier molecular flexibility index (Phi) is 4.37. The Morgan fingerprint density at radius 2 is 1.90 bits per heavy atom. The maximum atomic E-state index is 10.3. The van der Waals surface area contributed by atoms with Crippen LogP contribution in [0.3, 0.4) is 0 Å². The zero-order valence-corrected chi connectivity index (χ0v) is 14.1. The molecule has 2 saturated carbocycles. The van der Waals surface area contributed by atoms with E-state index >= 15 is 0 Å². The first-order valence-corrected chi connectivity index (χ1v) is 8.95. The monoisotopic (exact) mass is 295 g/mol. The van der Waals surface area contributed by atoms with Crippen molar-refractivity contribution < 1.29 is 9.84 Å². The van der Waals surface area contributed by atoms with Crippen LogP contribution in [0.25, 0.3) is 0 Å². The second-order valence-electron chi connectivity index (χ2n) is 8.45. The summed E-state index contributed by atoms with van der Waals surface area (Å²) in [5.41, 5.74) is 0.706. The first-order valence-electron chi connectivity index (χ1n) is 8.95. The van der Waals surface area contributed by atoms with Gasteiger partial charge in [-0.05, 0) is 61.9 Å². The van der Waals surface area contributed by atoms with E-state index in [0.29, 0.717) is 23.5 Å². The Morgan fingerprint density at radius 1 is 1.19 bits per heavy atom. The van der Waals surface area contributed by atoms with Crippen LogP contribution in [-0.2, 0) is 4.74 Å². The highest BCUT2D eigenvalue weighted by Crippen LogP contribution is 2.66. The fraction of sp³-hybridized carbons (Fsp3) is 1.00. The number of aliphatic hydroxyl groups excluding tert-OH is 1. The summed E-state index contributed by atoms with van der Waals surface area (Å²) in [5, 5.41) is 10.3. The van der Waals surface area contributed by atoms with E-state index in [2.05, 4.69) is 25.7 Å². The minimum atomic E-state index is -0.325. The van der Waals surface area contributed by atoms with E-state index in [9.17, 15) is 5.11 Å². The Labute approximate surface area is 130 Å². The lowest BCUT2D eigenvalue weighted by Gasteiger charge is -2.39. The van der Waals surface area contributed by atoms with Crippen LogP contribution in [0.15, 0.2) is 0 Å². The molecule has 21 heavy (non-hydrogen) atoms. The van der Waals surface area contributed by atoms with Crippen LogP contribution in [0.4, 0.5) is 0 Å². The number of likely N-dealkylation sites (tertiary alicyclic amines) is 1. The average molecular weight is 295 g/mol.